The smallest absolute Gasteiger partial charge is 0.254 e. The second kappa shape index (κ2) is 6.32. The van der Waals surface area contributed by atoms with Crippen molar-refractivity contribution in [3.05, 3.63) is 46.7 Å². The lowest BCUT2D eigenvalue weighted by Gasteiger charge is -2.20. The van der Waals surface area contributed by atoms with Crippen LogP contribution >= 0.6 is 11.6 Å². The third-order valence-corrected chi connectivity index (χ3v) is 3.33. The predicted octanol–water partition coefficient (Wildman–Crippen LogP) is 3.71. The van der Waals surface area contributed by atoms with Gasteiger partial charge in [-0.1, -0.05) is 17.7 Å². The van der Waals surface area contributed by atoms with E-state index in [4.69, 9.17) is 11.6 Å². The van der Waals surface area contributed by atoms with Crippen LogP contribution in [0, 0.1) is 6.92 Å². The van der Waals surface area contributed by atoms with Crippen molar-refractivity contribution in [3.8, 4) is 0 Å². The third-order valence-electron chi connectivity index (χ3n) is 2.92. The molecule has 0 aliphatic heterocycles. The highest BCUT2D eigenvalue weighted by atomic mass is 35.5. The molecule has 1 amide bonds. The van der Waals surface area contributed by atoms with Crippen molar-refractivity contribution in [1.29, 1.82) is 0 Å². The fourth-order valence-corrected chi connectivity index (χ4v) is 1.96. The SMILES string of the molecule is Cc1c(Cl)cccc1Nc1ncc(C(=O)NC(C)(C)C)cn1. The maximum atomic E-state index is 12.0. The fraction of sp³-hybridized carbons (Fsp3) is 0.312. The number of nitrogens with one attached hydrogen (secondary N) is 2. The molecule has 0 fully saturated rings. The van der Waals surface area contributed by atoms with Crippen molar-refractivity contribution in [2.45, 2.75) is 33.2 Å². The molecule has 2 rings (SSSR count). The monoisotopic (exact) mass is 318 g/mol. The van der Waals surface area contributed by atoms with Crippen LogP contribution in [0.5, 0.6) is 0 Å². The summed E-state index contributed by atoms with van der Waals surface area (Å²) in [5, 5.41) is 6.63. The van der Waals surface area contributed by atoms with Crippen LogP contribution in [-0.2, 0) is 0 Å². The number of halogens is 1. The van der Waals surface area contributed by atoms with E-state index < -0.39 is 0 Å². The zero-order chi connectivity index (χ0) is 16.3. The first-order valence-electron chi connectivity index (χ1n) is 6.93. The molecule has 0 saturated carbocycles. The molecule has 1 heterocycles. The summed E-state index contributed by atoms with van der Waals surface area (Å²) >= 11 is 6.07. The molecule has 2 aromatic rings. The summed E-state index contributed by atoms with van der Waals surface area (Å²) in [7, 11) is 0. The number of hydrogen-bond acceptors (Lipinski definition) is 4. The normalized spacial score (nSPS) is 11.1. The van der Waals surface area contributed by atoms with Crippen LogP contribution in [0.4, 0.5) is 11.6 Å². The van der Waals surface area contributed by atoms with Crippen molar-refractivity contribution in [3.63, 3.8) is 0 Å². The minimum absolute atomic E-state index is 0.196. The second-order valence-corrected chi connectivity index (χ2v) is 6.44. The number of anilines is 2. The Kier molecular flexibility index (Phi) is 4.66. The lowest BCUT2D eigenvalue weighted by molar-refractivity contribution is 0.0919. The fourth-order valence-electron chi connectivity index (χ4n) is 1.79. The summed E-state index contributed by atoms with van der Waals surface area (Å²) in [5.41, 5.74) is 1.87. The summed E-state index contributed by atoms with van der Waals surface area (Å²) in [4.78, 5) is 20.3. The lowest BCUT2D eigenvalue weighted by atomic mass is 10.1. The Morgan fingerprint density at radius 2 is 1.82 bits per heavy atom. The summed E-state index contributed by atoms with van der Waals surface area (Å²) < 4.78 is 0. The molecule has 0 radical (unpaired) electrons. The van der Waals surface area contributed by atoms with E-state index in [9.17, 15) is 4.79 Å². The Morgan fingerprint density at radius 1 is 1.18 bits per heavy atom. The highest BCUT2D eigenvalue weighted by molar-refractivity contribution is 6.31. The van der Waals surface area contributed by atoms with Gasteiger partial charge in [-0.2, -0.15) is 0 Å². The second-order valence-electron chi connectivity index (χ2n) is 6.04. The van der Waals surface area contributed by atoms with E-state index in [1.54, 1.807) is 0 Å². The standard InChI is InChI=1S/C16H19ClN4O/c1-10-12(17)6-5-7-13(10)20-15-18-8-11(9-19-15)14(22)21-16(2,3)4/h5-9H,1-4H3,(H,21,22)(H,18,19,20). The van der Waals surface area contributed by atoms with Gasteiger partial charge in [-0.15, -0.1) is 0 Å². The number of rotatable bonds is 3. The molecular formula is C16H19ClN4O. The molecule has 0 atom stereocenters. The van der Waals surface area contributed by atoms with Crippen molar-refractivity contribution in [2.75, 3.05) is 5.32 Å². The van der Waals surface area contributed by atoms with Gasteiger partial charge in [0.15, 0.2) is 0 Å². The van der Waals surface area contributed by atoms with Gasteiger partial charge in [-0.25, -0.2) is 9.97 Å². The van der Waals surface area contributed by atoms with Gasteiger partial charge >= 0.3 is 0 Å². The molecule has 1 aromatic carbocycles. The Hall–Kier alpha value is -2.14. The summed E-state index contributed by atoms with van der Waals surface area (Å²) in [6.07, 6.45) is 2.99. The minimum atomic E-state index is -0.300. The van der Waals surface area contributed by atoms with E-state index in [1.807, 2.05) is 45.9 Å². The molecule has 0 unspecified atom stereocenters. The average Bonchev–Trinajstić information content (AvgIpc) is 2.43. The van der Waals surface area contributed by atoms with E-state index in [2.05, 4.69) is 20.6 Å². The maximum Gasteiger partial charge on any atom is 0.254 e. The molecule has 0 spiro atoms. The van der Waals surface area contributed by atoms with Gasteiger partial charge in [0.1, 0.15) is 0 Å². The Labute approximate surface area is 135 Å². The zero-order valence-electron chi connectivity index (χ0n) is 13.1. The molecule has 6 heteroatoms. The number of amides is 1. The summed E-state index contributed by atoms with van der Waals surface area (Å²) in [6.45, 7) is 7.67. The van der Waals surface area contributed by atoms with Crippen LogP contribution in [0.25, 0.3) is 0 Å². The molecule has 2 N–H and O–H groups in total. The van der Waals surface area contributed by atoms with Crippen molar-refractivity contribution in [1.82, 2.24) is 15.3 Å². The van der Waals surface area contributed by atoms with Crippen molar-refractivity contribution in [2.24, 2.45) is 0 Å². The predicted molar refractivity (Wildman–Crippen MR) is 88.7 cm³/mol. The largest absolute Gasteiger partial charge is 0.347 e. The van der Waals surface area contributed by atoms with Crippen LogP contribution in [0.2, 0.25) is 5.02 Å². The average molecular weight is 319 g/mol. The van der Waals surface area contributed by atoms with Gasteiger partial charge in [-0.05, 0) is 45.4 Å². The van der Waals surface area contributed by atoms with Crippen LogP contribution in [0.3, 0.4) is 0 Å². The molecule has 1 aromatic heterocycles. The number of benzene rings is 1. The Balaban J connectivity index is 2.12. The van der Waals surface area contributed by atoms with Crippen LogP contribution in [0.1, 0.15) is 36.7 Å². The van der Waals surface area contributed by atoms with E-state index in [0.29, 0.717) is 16.5 Å². The van der Waals surface area contributed by atoms with Crippen molar-refractivity contribution >= 4 is 29.1 Å². The first kappa shape index (κ1) is 16.2. The first-order valence-corrected chi connectivity index (χ1v) is 7.31. The summed E-state index contributed by atoms with van der Waals surface area (Å²) in [6, 6.07) is 5.57. The maximum absolute atomic E-state index is 12.0. The van der Waals surface area contributed by atoms with E-state index in [-0.39, 0.29) is 11.4 Å². The van der Waals surface area contributed by atoms with Crippen LogP contribution in [0.15, 0.2) is 30.6 Å². The number of aromatic nitrogens is 2. The van der Waals surface area contributed by atoms with Gasteiger partial charge in [0.2, 0.25) is 5.95 Å². The van der Waals surface area contributed by atoms with Gasteiger partial charge < -0.3 is 10.6 Å². The van der Waals surface area contributed by atoms with Gasteiger partial charge in [-0.3, -0.25) is 4.79 Å². The highest BCUT2D eigenvalue weighted by Gasteiger charge is 2.16. The molecular weight excluding hydrogens is 300 g/mol. The van der Waals surface area contributed by atoms with Crippen LogP contribution < -0.4 is 10.6 Å². The van der Waals surface area contributed by atoms with Crippen molar-refractivity contribution < 1.29 is 4.79 Å². The Morgan fingerprint density at radius 3 is 2.41 bits per heavy atom. The molecule has 0 aliphatic rings. The van der Waals surface area contributed by atoms with Crippen LogP contribution in [-0.4, -0.2) is 21.4 Å². The molecule has 5 nitrogen and oxygen atoms in total. The molecule has 0 aliphatic carbocycles. The zero-order valence-corrected chi connectivity index (χ0v) is 13.8. The molecule has 0 saturated heterocycles. The number of hydrogen-bond donors (Lipinski definition) is 2. The molecule has 0 bridgehead atoms. The van der Waals surface area contributed by atoms with Gasteiger partial charge in [0, 0.05) is 28.6 Å². The number of carbonyl (C=O) groups is 1. The number of nitrogens with zero attached hydrogens (tertiary/aromatic N) is 2. The minimum Gasteiger partial charge on any atom is -0.347 e. The third kappa shape index (κ3) is 4.18. The highest BCUT2D eigenvalue weighted by Crippen LogP contribution is 2.24. The number of carbonyl (C=O) groups excluding carboxylic acids is 1. The lowest BCUT2D eigenvalue weighted by Crippen LogP contribution is -2.40. The quantitative estimate of drug-likeness (QED) is 0.905. The summed E-state index contributed by atoms with van der Waals surface area (Å²) in [5.74, 6) is 0.218. The molecule has 116 valence electrons. The van der Waals surface area contributed by atoms with E-state index in [0.717, 1.165) is 11.3 Å². The van der Waals surface area contributed by atoms with E-state index in [1.165, 1.54) is 12.4 Å². The topological polar surface area (TPSA) is 66.9 Å². The van der Waals surface area contributed by atoms with E-state index >= 15 is 0 Å². The Bertz CT molecular complexity index is 678. The van der Waals surface area contributed by atoms with Gasteiger partial charge in [0.25, 0.3) is 5.91 Å². The van der Waals surface area contributed by atoms with Gasteiger partial charge in [0.05, 0.1) is 5.56 Å². The first-order chi connectivity index (χ1) is 10.3. The molecule has 22 heavy (non-hydrogen) atoms.